The Kier molecular flexibility index (Phi) is 12.0. The predicted molar refractivity (Wildman–Crippen MR) is 142 cm³/mol. The molecule has 39 heavy (non-hydrogen) atoms. The van der Waals surface area contributed by atoms with E-state index in [1.807, 2.05) is 0 Å². The fourth-order valence-electron chi connectivity index (χ4n) is 3.89. The van der Waals surface area contributed by atoms with Crippen LogP contribution >= 0.6 is 23.1 Å². The average molecular weight is 587 g/mol. The highest BCUT2D eigenvalue weighted by Crippen LogP contribution is 2.45. The van der Waals surface area contributed by atoms with Gasteiger partial charge in [0.2, 0.25) is 5.91 Å². The van der Waals surface area contributed by atoms with Gasteiger partial charge in [0.1, 0.15) is 17.9 Å². The second kappa shape index (κ2) is 14.5. The molecule has 8 N–H and O–H groups in total. The van der Waals surface area contributed by atoms with E-state index in [-0.39, 0.29) is 35.2 Å². The number of aliphatic hydroxyl groups is 4. The normalized spacial score (nSPS) is 22.1. The number of hydrogen-bond acceptors (Lipinski definition) is 15. The topological polar surface area (TPSA) is 242 Å². The number of rotatable bonds is 12. The average Bonchev–Trinajstić information content (AvgIpc) is 3.35. The first kappa shape index (κ1) is 32.4. The molecule has 1 fully saturated rings. The lowest BCUT2D eigenvalue weighted by molar-refractivity contribution is -0.301. The molecule has 0 aromatic carbocycles. The van der Waals surface area contributed by atoms with Crippen LogP contribution in [0.5, 0.6) is 0 Å². The molecule has 1 amide bonds. The van der Waals surface area contributed by atoms with Crippen LogP contribution < -0.4 is 16.2 Å². The minimum Gasteiger partial charge on any atom is -0.543 e. The van der Waals surface area contributed by atoms with Crippen molar-refractivity contribution in [2.45, 2.75) is 49.6 Å². The number of ketones is 1. The Morgan fingerprint density at radius 3 is 2.46 bits per heavy atom. The second-order valence-electron chi connectivity index (χ2n) is 8.61. The Balaban J connectivity index is 0.000000349. The highest BCUT2D eigenvalue weighted by molar-refractivity contribution is 8.00. The highest BCUT2D eigenvalue weighted by Gasteiger charge is 2.52. The van der Waals surface area contributed by atoms with Crippen LogP contribution in [0.15, 0.2) is 34.5 Å². The molecule has 1 aromatic heterocycles. The largest absolute Gasteiger partial charge is 0.543 e. The third-order valence-corrected chi connectivity index (χ3v) is 8.08. The zero-order valence-corrected chi connectivity index (χ0v) is 22.9. The van der Waals surface area contributed by atoms with Crippen molar-refractivity contribution < 1.29 is 45.1 Å². The maximum absolute atomic E-state index is 12.4. The minimum absolute atomic E-state index is 0.129. The molecule has 1 saturated heterocycles. The van der Waals surface area contributed by atoms with Gasteiger partial charge < -0.3 is 46.6 Å². The third-order valence-electron chi connectivity index (χ3n) is 6.05. The van der Waals surface area contributed by atoms with Gasteiger partial charge in [0.05, 0.1) is 35.2 Å². The summed E-state index contributed by atoms with van der Waals surface area (Å²) in [5.41, 5.74) is 5.55. The number of β-lactam (4-membered cyclic amide) rings is 1. The molecule has 1 aromatic rings. The molecule has 3 rings (SSSR count). The number of carbonyl (C=O) groups excluding carboxylic acids is 3. The Morgan fingerprint density at radius 2 is 1.97 bits per heavy atom. The van der Waals surface area contributed by atoms with E-state index in [1.54, 1.807) is 14.0 Å². The van der Waals surface area contributed by atoms with E-state index in [0.717, 1.165) is 16.2 Å². The number of aliphatic carboxylic acids is 1. The van der Waals surface area contributed by atoms with Crippen LogP contribution in [0.2, 0.25) is 0 Å². The summed E-state index contributed by atoms with van der Waals surface area (Å²) in [6.45, 7) is 5.41. The van der Waals surface area contributed by atoms with Gasteiger partial charge in [0.25, 0.3) is 0 Å². The molecule has 16 heteroatoms. The molecule has 2 aliphatic rings. The maximum Gasteiger partial charge on any atom is 0.234 e. The van der Waals surface area contributed by atoms with E-state index >= 15 is 0 Å². The molecular formula is C23H32N5O9S2-. The van der Waals surface area contributed by atoms with E-state index in [1.165, 1.54) is 23.2 Å². The van der Waals surface area contributed by atoms with Crippen LogP contribution in [0.3, 0.4) is 0 Å². The molecule has 14 nitrogen and oxygen atoms in total. The van der Waals surface area contributed by atoms with Crippen molar-refractivity contribution in [2.75, 3.05) is 25.1 Å². The van der Waals surface area contributed by atoms with Gasteiger partial charge in [-0.25, -0.2) is 4.98 Å². The molecule has 2 unspecified atom stereocenters. The van der Waals surface area contributed by atoms with Crippen molar-refractivity contribution in [3.63, 3.8) is 0 Å². The number of amides is 1. The zero-order chi connectivity index (χ0) is 29.4. The SMILES string of the molecule is C=CC1=C(C(=O)[O-])N2C(=O)C(CC(=O)/C(=N\O)c3csc(N)n3)C2SC1.CC[C@@H](O)[C@@H](O)[C@H](O)[C@@H](O)CNC. The van der Waals surface area contributed by atoms with Crippen molar-refractivity contribution >= 4 is 51.6 Å². The lowest BCUT2D eigenvalue weighted by atomic mass is 9.89. The smallest absolute Gasteiger partial charge is 0.234 e. The van der Waals surface area contributed by atoms with E-state index < -0.39 is 53.4 Å². The number of likely N-dealkylation sites (N-methyl/N-ethyl adjacent to an activating group) is 1. The number of thioether (sulfide) groups is 1. The Labute approximate surface area is 232 Å². The van der Waals surface area contributed by atoms with Crippen molar-refractivity contribution in [2.24, 2.45) is 11.1 Å². The first-order valence-electron chi connectivity index (χ1n) is 11.8. The van der Waals surface area contributed by atoms with Gasteiger partial charge in [-0.05, 0) is 19.0 Å². The van der Waals surface area contributed by atoms with Crippen molar-refractivity contribution in [3.05, 3.63) is 35.0 Å². The summed E-state index contributed by atoms with van der Waals surface area (Å²) in [5.74, 6) is -2.91. The fraction of sp³-hybridized carbons (Fsp3) is 0.522. The number of anilines is 1. The molecule has 3 heterocycles. The van der Waals surface area contributed by atoms with E-state index in [0.29, 0.717) is 17.7 Å². The minimum atomic E-state index is -1.46. The van der Waals surface area contributed by atoms with Crippen molar-refractivity contribution in [1.82, 2.24) is 15.2 Å². The summed E-state index contributed by atoms with van der Waals surface area (Å²) in [6, 6.07) is 0. The first-order valence-corrected chi connectivity index (χ1v) is 13.7. The number of hydrogen-bond donors (Lipinski definition) is 7. The number of oxime groups is 1. The first-order chi connectivity index (χ1) is 18.4. The van der Waals surface area contributed by atoms with Gasteiger partial charge in [-0.2, -0.15) is 0 Å². The molecule has 0 spiro atoms. The molecule has 6 atom stereocenters. The van der Waals surface area contributed by atoms with Gasteiger partial charge in [-0.3, -0.25) is 14.5 Å². The van der Waals surface area contributed by atoms with Crippen LogP contribution in [0, 0.1) is 5.92 Å². The summed E-state index contributed by atoms with van der Waals surface area (Å²) in [4.78, 5) is 41.2. The quantitative estimate of drug-likeness (QED) is 0.0587. The van der Waals surface area contributed by atoms with Crippen LogP contribution in [0.1, 0.15) is 25.5 Å². The molecule has 0 radical (unpaired) electrons. The number of carboxylic acids is 1. The summed E-state index contributed by atoms with van der Waals surface area (Å²) in [6.07, 6.45) is -3.19. The number of allylic oxidation sites excluding steroid dienone is 1. The number of carbonyl (C=O) groups is 3. The van der Waals surface area contributed by atoms with Crippen LogP contribution in [-0.4, -0.2) is 108 Å². The van der Waals surface area contributed by atoms with E-state index in [9.17, 15) is 39.9 Å². The molecular weight excluding hydrogens is 554 g/mol. The lowest BCUT2D eigenvalue weighted by Crippen LogP contribution is -2.63. The zero-order valence-electron chi connectivity index (χ0n) is 21.3. The number of nitrogens with two attached hydrogens (primary N) is 1. The predicted octanol–water partition coefficient (Wildman–Crippen LogP) is -2.36. The molecule has 0 bridgehead atoms. The van der Waals surface area contributed by atoms with Gasteiger partial charge >= 0.3 is 0 Å². The Morgan fingerprint density at radius 1 is 1.33 bits per heavy atom. The van der Waals surface area contributed by atoms with E-state index in [4.69, 9.17) is 10.9 Å². The van der Waals surface area contributed by atoms with Crippen LogP contribution in [0.25, 0.3) is 0 Å². The monoisotopic (exact) mass is 586 g/mol. The standard InChI is InChI=1S/C15H14N4O5S2.C8H19NO4/c1-2-6-4-25-13-7(12(21)19(13)11(6)14(22)23)3-9(20)10(18-24)8-5-26-15(16)17-8;1-3-5(10)7(12)8(13)6(11)4-9-2/h2,5,7,13,24H,1,3-4H2,(H2,16,17)(H,22,23);5-13H,3-4H2,1-2H3/p-1/b18-10-;/t;5-,6+,7-,8-/m.1/s1. The van der Waals surface area contributed by atoms with Gasteiger partial charge in [0, 0.05) is 24.1 Å². The molecule has 0 saturated carbocycles. The molecule has 2 aliphatic heterocycles. The number of carboxylic acid groups (broad SMARTS) is 1. The van der Waals surface area contributed by atoms with Gasteiger partial charge in [-0.15, -0.1) is 23.1 Å². The fourth-order valence-corrected chi connectivity index (χ4v) is 5.85. The number of nitrogens with one attached hydrogen (secondary N) is 1. The van der Waals surface area contributed by atoms with Crippen LogP contribution in [-0.2, 0) is 14.4 Å². The van der Waals surface area contributed by atoms with Gasteiger partial charge in [0.15, 0.2) is 16.6 Å². The van der Waals surface area contributed by atoms with E-state index in [2.05, 4.69) is 22.0 Å². The Hall–Kier alpha value is -2.86. The Bertz CT molecular complexity index is 1130. The number of nitrogen functional groups attached to an aromatic ring is 1. The number of aliphatic hydroxyl groups excluding tert-OH is 4. The van der Waals surface area contributed by atoms with Crippen molar-refractivity contribution in [3.8, 4) is 0 Å². The van der Waals surface area contributed by atoms with Crippen LogP contribution in [0.4, 0.5) is 5.13 Å². The summed E-state index contributed by atoms with van der Waals surface area (Å²) in [7, 11) is 1.62. The summed E-state index contributed by atoms with van der Waals surface area (Å²) < 4.78 is 0. The van der Waals surface area contributed by atoms with Gasteiger partial charge in [-0.1, -0.05) is 24.7 Å². The number of Topliss-reactive ketones (excluding diaryl/α,β-unsaturated/α-hetero) is 1. The number of fused-ring (bicyclic) bond motifs is 1. The second-order valence-corrected chi connectivity index (χ2v) is 10.6. The summed E-state index contributed by atoms with van der Waals surface area (Å²) in [5, 5.41) is 64.4. The number of thiazole rings is 1. The molecule has 0 aliphatic carbocycles. The highest BCUT2D eigenvalue weighted by atomic mass is 32.2. The summed E-state index contributed by atoms with van der Waals surface area (Å²) >= 11 is 2.42. The lowest BCUT2D eigenvalue weighted by Gasteiger charge is -2.50. The maximum atomic E-state index is 12.4. The molecule has 216 valence electrons. The van der Waals surface area contributed by atoms with Crippen molar-refractivity contribution in [1.29, 1.82) is 0 Å². The third kappa shape index (κ3) is 7.42. The number of aromatic nitrogens is 1. The number of nitrogens with zero attached hydrogens (tertiary/aromatic N) is 3.